The first-order chi connectivity index (χ1) is 9.22. The third-order valence-corrected chi connectivity index (χ3v) is 3.94. The number of nitrogens with two attached hydrogens (primary N) is 1. The molecule has 4 heteroatoms. The van der Waals surface area contributed by atoms with Crippen molar-refractivity contribution in [2.75, 3.05) is 24.6 Å². The first-order valence-electron chi connectivity index (χ1n) is 7.09. The molecular formula is C15H23BrN2O. The molecule has 2 rings (SSSR count). The van der Waals surface area contributed by atoms with Crippen LogP contribution in [0.1, 0.15) is 31.7 Å². The van der Waals surface area contributed by atoms with Crippen molar-refractivity contribution in [3.63, 3.8) is 0 Å². The topological polar surface area (TPSA) is 38.5 Å². The first-order valence-corrected chi connectivity index (χ1v) is 7.88. The standard InChI is InChI=1S/C15H23BrN2O/c1-2-6-19-15-4-3-5-18(11-15)14-8-12(10-17)7-13(16)9-14/h7-9,15H,2-6,10-11,17H2,1H3. The van der Waals surface area contributed by atoms with E-state index in [2.05, 4.69) is 46.0 Å². The van der Waals surface area contributed by atoms with Gasteiger partial charge >= 0.3 is 0 Å². The number of halogens is 1. The molecule has 106 valence electrons. The molecule has 1 heterocycles. The summed E-state index contributed by atoms with van der Waals surface area (Å²) in [5.41, 5.74) is 8.16. The van der Waals surface area contributed by atoms with E-state index in [4.69, 9.17) is 10.5 Å². The molecule has 0 bridgehead atoms. The van der Waals surface area contributed by atoms with Gasteiger partial charge in [-0.1, -0.05) is 22.9 Å². The van der Waals surface area contributed by atoms with Gasteiger partial charge in [-0.15, -0.1) is 0 Å². The predicted octanol–water partition coefficient (Wildman–Crippen LogP) is 3.30. The number of hydrogen-bond donors (Lipinski definition) is 1. The highest BCUT2D eigenvalue weighted by atomic mass is 79.9. The number of anilines is 1. The molecule has 1 atom stereocenters. The van der Waals surface area contributed by atoms with Gasteiger partial charge in [0.05, 0.1) is 6.10 Å². The predicted molar refractivity (Wildman–Crippen MR) is 83.5 cm³/mol. The molecule has 19 heavy (non-hydrogen) atoms. The molecule has 1 fully saturated rings. The lowest BCUT2D eigenvalue weighted by molar-refractivity contribution is 0.0440. The van der Waals surface area contributed by atoms with Crippen LogP contribution in [0.3, 0.4) is 0 Å². The highest BCUT2D eigenvalue weighted by molar-refractivity contribution is 9.10. The van der Waals surface area contributed by atoms with Gasteiger partial charge in [-0.25, -0.2) is 0 Å². The van der Waals surface area contributed by atoms with Crippen LogP contribution in [0, 0.1) is 0 Å². The summed E-state index contributed by atoms with van der Waals surface area (Å²) in [7, 11) is 0. The van der Waals surface area contributed by atoms with Crippen molar-refractivity contribution < 1.29 is 4.74 Å². The fourth-order valence-corrected chi connectivity index (χ4v) is 3.06. The van der Waals surface area contributed by atoms with E-state index < -0.39 is 0 Å². The zero-order chi connectivity index (χ0) is 13.7. The molecule has 0 aliphatic carbocycles. The second kappa shape index (κ2) is 7.27. The molecule has 0 radical (unpaired) electrons. The van der Waals surface area contributed by atoms with Crippen molar-refractivity contribution in [1.82, 2.24) is 0 Å². The molecule has 1 aromatic rings. The molecule has 1 aliphatic heterocycles. The number of rotatable bonds is 5. The molecule has 3 nitrogen and oxygen atoms in total. The number of nitrogens with zero attached hydrogens (tertiary/aromatic N) is 1. The van der Waals surface area contributed by atoms with Gasteiger partial charge in [-0.2, -0.15) is 0 Å². The van der Waals surface area contributed by atoms with Gasteiger partial charge in [0.15, 0.2) is 0 Å². The second-order valence-electron chi connectivity index (χ2n) is 5.10. The maximum Gasteiger partial charge on any atom is 0.0750 e. The van der Waals surface area contributed by atoms with Gasteiger partial charge in [0.2, 0.25) is 0 Å². The van der Waals surface area contributed by atoms with E-state index in [0.29, 0.717) is 12.6 Å². The summed E-state index contributed by atoms with van der Waals surface area (Å²) in [6.45, 7) is 5.69. The summed E-state index contributed by atoms with van der Waals surface area (Å²) in [5.74, 6) is 0. The maximum atomic E-state index is 5.89. The van der Waals surface area contributed by atoms with Crippen LogP contribution in [0.25, 0.3) is 0 Å². The minimum atomic E-state index is 0.369. The number of ether oxygens (including phenoxy) is 1. The average molecular weight is 327 g/mol. The van der Waals surface area contributed by atoms with Crippen molar-refractivity contribution in [3.05, 3.63) is 28.2 Å². The summed E-state index contributed by atoms with van der Waals surface area (Å²) in [6, 6.07) is 6.44. The Balaban J connectivity index is 2.06. The lowest BCUT2D eigenvalue weighted by atomic mass is 10.1. The summed E-state index contributed by atoms with van der Waals surface area (Å²) < 4.78 is 6.99. The van der Waals surface area contributed by atoms with Crippen LogP contribution in [0.4, 0.5) is 5.69 Å². The Hall–Kier alpha value is -0.580. The van der Waals surface area contributed by atoms with Gasteiger partial charge in [0, 0.05) is 36.4 Å². The number of piperidine rings is 1. The molecule has 1 saturated heterocycles. The van der Waals surface area contributed by atoms with Gasteiger partial charge < -0.3 is 15.4 Å². The molecule has 1 aromatic carbocycles. The van der Waals surface area contributed by atoms with E-state index in [1.54, 1.807) is 0 Å². The SMILES string of the molecule is CCCOC1CCCN(c2cc(Br)cc(CN)c2)C1. The minimum Gasteiger partial charge on any atom is -0.376 e. The Morgan fingerprint density at radius 2 is 2.26 bits per heavy atom. The van der Waals surface area contributed by atoms with E-state index in [0.717, 1.165) is 30.6 Å². The second-order valence-corrected chi connectivity index (χ2v) is 6.02. The van der Waals surface area contributed by atoms with Gasteiger partial charge in [-0.05, 0) is 43.0 Å². The van der Waals surface area contributed by atoms with Gasteiger partial charge in [-0.3, -0.25) is 0 Å². The van der Waals surface area contributed by atoms with Crippen LogP contribution in [-0.2, 0) is 11.3 Å². The Morgan fingerprint density at radius 1 is 1.42 bits per heavy atom. The highest BCUT2D eigenvalue weighted by Crippen LogP contribution is 2.26. The van der Waals surface area contributed by atoms with Crippen molar-refractivity contribution >= 4 is 21.6 Å². The highest BCUT2D eigenvalue weighted by Gasteiger charge is 2.20. The van der Waals surface area contributed by atoms with Crippen LogP contribution < -0.4 is 10.6 Å². The van der Waals surface area contributed by atoms with Crippen LogP contribution >= 0.6 is 15.9 Å². The lowest BCUT2D eigenvalue weighted by Gasteiger charge is -2.34. The summed E-state index contributed by atoms with van der Waals surface area (Å²) >= 11 is 3.56. The van der Waals surface area contributed by atoms with E-state index in [1.807, 2.05) is 0 Å². The van der Waals surface area contributed by atoms with E-state index >= 15 is 0 Å². The molecule has 0 amide bonds. The Morgan fingerprint density at radius 3 is 3.00 bits per heavy atom. The maximum absolute atomic E-state index is 5.89. The van der Waals surface area contributed by atoms with E-state index in [-0.39, 0.29) is 0 Å². The molecule has 2 N–H and O–H groups in total. The van der Waals surface area contributed by atoms with Crippen LogP contribution in [-0.4, -0.2) is 25.8 Å². The molecule has 0 spiro atoms. The average Bonchev–Trinajstić information content (AvgIpc) is 2.44. The smallest absolute Gasteiger partial charge is 0.0750 e. The minimum absolute atomic E-state index is 0.369. The van der Waals surface area contributed by atoms with Crippen molar-refractivity contribution in [2.45, 2.75) is 38.8 Å². The van der Waals surface area contributed by atoms with Crippen LogP contribution in [0.5, 0.6) is 0 Å². The van der Waals surface area contributed by atoms with E-state index in [9.17, 15) is 0 Å². The normalized spacial score (nSPS) is 19.7. The molecular weight excluding hydrogens is 304 g/mol. The van der Waals surface area contributed by atoms with Crippen LogP contribution in [0.15, 0.2) is 22.7 Å². The third kappa shape index (κ3) is 4.20. The molecule has 1 aliphatic rings. The summed E-state index contributed by atoms with van der Waals surface area (Å²) in [6.07, 6.45) is 3.83. The van der Waals surface area contributed by atoms with Crippen molar-refractivity contribution in [2.24, 2.45) is 5.73 Å². The van der Waals surface area contributed by atoms with Gasteiger partial charge in [0.1, 0.15) is 0 Å². The van der Waals surface area contributed by atoms with Crippen molar-refractivity contribution in [1.29, 1.82) is 0 Å². The first kappa shape index (κ1) is 14.8. The Labute approximate surface area is 124 Å². The third-order valence-electron chi connectivity index (χ3n) is 3.48. The lowest BCUT2D eigenvalue weighted by Crippen LogP contribution is -2.39. The van der Waals surface area contributed by atoms with Gasteiger partial charge in [0.25, 0.3) is 0 Å². The Kier molecular flexibility index (Phi) is 5.67. The summed E-state index contributed by atoms with van der Waals surface area (Å²) in [5, 5.41) is 0. The molecule has 0 saturated carbocycles. The largest absolute Gasteiger partial charge is 0.376 e. The zero-order valence-corrected chi connectivity index (χ0v) is 13.2. The monoisotopic (exact) mass is 326 g/mol. The number of benzene rings is 1. The number of hydrogen-bond acceptors (Lipinski definition) is 3. The van der Waals surface area contributed by atoms with Crippen LogP contribution in [0.2, 0.25) is 0 Å². The molecule has 1 unspecified atom stereocenters. The fourth-order valence-electron chi connectivity index (χ4n) is 2.53. The van der Waals surface area contributed by atoms with E-state index in [1.165, 1.54) is 24.1 Å². The fraction of sp³-hybridized carbons (Fsp3) is 0.600. The quantitative estimate of drug-likeness (QED) is 0.902. The Bertz CT molecular complexity index is 411. The molecule has 0 aromatic heterocycles. The van der Waals surface area contributed by atoms with Crippen molar-refractivity contribution in [3.8, 4) is 0 Å². The summed E-state index contributed by atoms with van der Waals surface area (Å²) in [4.78, 5) is 2.41. The zero-order valence-electron chi connectivity index (χ0n) is 11.6.